The third-order valence-electron chi connectivity index (χ3n) is 4.41. The van der Waals surface area contributed by atoms with Crippen molar-refractivity contribution < 1.29 is 19.1 Å². The molecule has 9 nitrogen and oxygen atoms in total. The van der Waals surface area contributed by atoms with Crippen LogP contribution in [0.3, 0.4) is 0 Å². The number of aliphatic imine (C=N–C) groups is 1. The zero-order chi connectivity index (χ0) is 21.8. The fraction of sp³-hybridized carbons (Fsp3) is 0.190. The monoisotopic (exact) mass is 437 g/mol. The molecule has 0 spiro atoms. The Bertz CT molecular complexity index is 1140. The number of thiazole rings is 1. The number of carbonyl (C=O) groups excluding carboxylic acids is 3. The predicted molar refractivity (Wildman–Crippen MR) is 118 cm³/mol. The highest BCUT2D eigenvalue weighted by atomic mass is 32.1. The van der Waals surface area contributed by atoms with Crippen molar-refractivity contribution in [1.29, 1.82) is 0 Å². The number of hydrogen-bond donors (Lipinski definition) is 3. The fourth-order valence-corrected chi connectivity index (χ4v) is 3.83. The molecule has 2 heterocycles. The standard InChI is InChI=1S/C21H19N5O4S/c1-2-30-19(29)12-7-9-13(10-8-12)22-18(28)15-11-17(27)25-20(23-15)26-21-24-14-5-3-4-6-16(14)31-21/h3-10,15H,2,11H2,1H3,(H,22,28)(H2,23,24,25,26,27). The van der Waals surface area contributed by atoms with Crippen LogP contribution in [0.1, 0.15) is 23.7 Å². The molecule has 3 aromatic rings. The molecule has 2 amide bonds. The summed E-state index contributed by atoms with van der Waals surface area (Å²) in [6.45, 7) is 2.01. The second-order valence-corrected chi connectivity index (χ2v) is 7.68. The number of anilines is 2. The van der Waals surface area contributed by atoms with Gasteiger partial charge in [0.2, 0.25) is 17.8 Å². The molecular formula is C21H19N5O4S. The summed E-state index contributed by atoms with van der Waals surface area (Å²) < 4.78 is 5.93. The smallest absolute Gasteiger partial charge is 0.338 e. The third kappa shape index (κ3) is 4.86. The lowest BCUT2D eigenvalue weighted by molar-refractivity contribution is -0.124. The first kappa shape index (κ1) is 20.5. The number of guanidine groups is 1. The van der Waals surface area contributed by atoms with Crippen molar-refractivity contribution >= 4 is 56.1 Å². The van der Waals surface area contributed by atoms with Crippen LogP contribution >= 0.6 is 11.3 Å². The molecule has 0 bridgehead atoms. The number of amides is 2. The molecule has 1 aliphatic heterocycles. The fourth-order valence-electron chi connectivity index (χ4n) is 2.96. The number of carbonyl (C=O) groups is 3. The van der Waals surface area contributed by atoms with Gasteiger partial charge in [0.25, 0.3) is 0 Å². The summed E-state index contributed by atoms with van der Waals surface area (Å²) in [6.07, 6.45) is -0.0717. The number of esters is 1. The molecule has 0 saturated carbocycles. The van der Waals surface area contributed by atoms with E-state index < -0.39 is 17.9 Å². The van der Waals surface area contributed by atoms with Gasteiger partial charge in [-0.3, -0.25) is 14.9 Å². The Balaban J connectivity index is 1.44. The number of nitrogens with zero attached hydrogens (tertiary/aromatic N) is 2. The number of para-hydroxylation sites is 1. The molecule has 1 unspecified atom stereocenters. The van der Waals surface area contributed by atoms with Crippen molar-refractivity contribution in [2.45, 2.75) is 19.4 Å². The van der Waals surface area contributed by atoms with E-state index in [4.69, 9.17) is 4.74 Å². The molecule has 3 N–H and O–H groups in total. The Morgan fingerprint density at radius 3 is 2.71 bits per heavy atom. The predicted octanol–water partition coefficient (Wildman–Crippen LogP) is 2.77. The van der Waals surface area contributed by atoms with Crippen molar-refractivity contribution in [2.75, 3.05) is 17.2 Å². The minimum atomic E-state index is -0.893. The van der Waals surface area contributed by atoms with Crippen LogP contribution in [-0.2, 0) is 14.3 Å². The minimum Gasteiger partial charge on any atom is -0.462 e. The molecule has 31 heavy (non-hydrogen) atoms. The lowest BCUT2D eigenvalue weighted by atomic mass is 10.1. The number of hydrogen-bond acceptors (Lipinski definition) is 8. The summed E-state index contributed by atoms with van der Waals surface area (Å²) in [5.74, 6) is -1.01. The third-order valence-corrected chi connectivity index (χ3v) is 5.36. The summed E-state index contributed by atoms with van der Waals surface area (Å²) in [6, 6.07) is 13.1. The highest BCUT2D eigenvalue weighted by Gasteiger charge is 2.27. The van der Waals surface area contributed by atoms with Gasteiger partial charge in [0.05, 0.1) is 28.8 Å². The number of ether oxygens (including phenoxy) is 1. The molecule has 2 aromatic carbocycles. The van der Waals surface area contributed by atoms with Gasteiger partial charge >= 0.3 is 5.97 Å². The Morgan fingerprint density at radius 1 is 1.19 bits per heavy atom. The van der Waals surface area contributed by atoms with Crippen LogP contribution in [-0.4, -0.2) is 41.4 Å². The summed E-state index contributed by atoms with van der Waals surface area (Å²) in [5, 5.41) is 8.88. The lowest BCUT2D eigenvalue weighted by Gasteiger charge is -2.20. The second kappa shape index (κ2) is 8.92. The van der Waals surface area contributed by atoms with Crippen LogP contribution in [0.25, 0.3) is 10.2 Å². The van der Waals surface area contributed by atoms with E-state index in [-0.39, 0.29) is 24.9 Å². The lowest BCUT2D eigenvalue weighted by Crippen LogP contribution is -2.45. The van der Waals surface area contributed by atoms with Crippen molar-refractivity contribution in [3.63, 3.8) is 0 Å². The summed E-state index contributed by atoms with van der Waals surface area (Å²) in [4.78, 5) is 45.2. The van der Waals surface area contributed by atoms with E-state index >= 15 is 0 Å². The van der Waals surface area contributed by atoms with Gasteiger partial charge in [-0.15, -0.1) is 0 Å². The molecule has 10 heteroatoms. The number of aromatic nitrogens is 1. The van der Waals surface area contributed by atoms with Gasteiger partial charge in [0.1, 0.15) is 6.04 Å². The maximum absolute atomic E-state index is 12.6. The molecule has 1 aromatic heterocycles. The van der Waals surface area contributed by atoms with Gasteiger partial charge in [-0.1, -0.05) is 23.5 Å². The number of benzene rings is 2. The quantitative estimate of drug-likeness (QED) is 0.528. The van der Waals surface area contributed by atoms with Crippen LogP contribution in [0.4, 0.5) is 10.8 Å². The molecule has 158 valence electrons. The molecule has 4 rings (SSSR count). The van der Waals surface area contributed by atoms with Gasteiger partial charge in [0.15, 0.2) is 5.13 Å². The van der Waals surface area contributed by atoms with Crippen molar-refractivity contribution in [2.24, 2.45) is 4.99 Å². The zero-order valence-electron chi connectivity index (χ0n) is 16.5. The highest BCUT2D eigenvalue weighted by Crippen LogP contribution is 2.25. The summed E-state index contributed by atoms with van der Waals surface area (Å²) in [5.41, 5.74) is 1.70. The summed E-state index contributed by atoms with van der Waals surface area (Å²) >= 11 is 1.42. The molecular weight excluding hydrogens is 418 g/mol. The van der Waals surface area contributed by atoms with Crippen molar-refractivity contribution in [3.05, 3.63) is 54.1 Å². The van der Waals surface area contributed by atoms with Gasteiger partial charge in [-0.2, -0.15) is 0 Å². The van der Waals surface area contributed by atoms with Gasteiger partial charge in [-0.25, -0.2) is 14.8 Å². The Morgan fingerprint density at radius 2 is 1.97 bits per heavy atom. The molecule has 0 radical (unpaired) electrons. The number of rotatable bonds is 5. The average Bonchev–Trinajstić information content (AvgIpc) is 3.16. The molecule has 1 aliphatic rings. The first-order chi connectivity index (χ1) is 15.0. The maximum Gasteiger partial charge on any atom is 0.338 e. The van der Waals surface area contributed by atoms with E-state index in [1.54, 1.807) is 31.2 Å². The summed E-state index contributed by atoms with van der Waals surface area (Å²) in [7, 11) is 0. The van der Waals surface area contributed by atoms with Gasteiger partial charge < -0.3 is 15.4 Å². The van der Waals surface area contributed by atoms with Gasteiger partial charge in [0, 0.05) is 5.69 Å². The van der Waals surface area contributed by atoms with Crippen LogP contribution in [0, 0.1) is 0 Å². The van der Waals surface area contributed by atoms with E-state index in [0.717, 1.165) is 10.2 Å². The molecule has 0 fully saturated rings. The minimum absolute atomic E-state index is 0.0717. The van der Waals surface area contributed by atoms with Gasteiger partial charge in [-0.05, 0) is 43.3 Å². The van der Waals surface area contributed by atoms with Crippen LogP contribution in [0.5, 0.6) is 0 Å². The molecule has 0 aliphatic carbocycles. The largest absolute Gasteiger partial charge is 0.462 e. The first-order valence-corrected chi connectivity index (χ1v) is 10.4. The Labute approximate surface area is 181 Å². The average molecular weight is 437 g/mol. The van der Waals surface area contributed by atoms with E-state index in [2.05, 4.69) is 25.9 Å². The van der Waals surface area contributed by atoms with E-state index in [9.17, 15) is 14.4 Å². The molecule has 0 saturated heterocycles. The SMILES string of the molecule is CCOC(=O)c1ccc(NC(=O)C2CC(=O)NC(Nc3nc4ccccc4s3)=N2)cc1. The Hall–Kier alpha value is -3.79. The number of nitrogens with one attached hydrogen (secondary N) is 3. The number of fused-ring (bicyclic) bond motifs is 1. The second-order valence-electron chi connectivity index (χ2n) is 6.64. The normalized spacial score (nSPS) is 15.7. The maximum atomic E-state index is 12.6. The first-order valence-electron chi connectivity index (χ1n) is 9.60. The van der Waals surface area contributed by atoms with E-state index in [1.807, 2.05) is 24.3 Å². The van der Waals surface area contributed by atoms with Crippen LogP contribution < -0.4 is 16.0 Å². The topological polar surface area (TPSA) is 122 Å². The Kier molecular flexibility index (Phi) is 5.89. The van der Waals surface area contributed by atoms with Crippen LogP contribution in [0.15, 0.2) is 53.5 Å². The van der Waals surface area contributed by atoms with Crippen molar-refractivity contribution in [3.8, 4) is 0 Å². The van der Waals surface area contributed by atoms with Crippen molar-refractivity contribution in [1.82, 2.24) is 10.3 Å². The van der Waals surface area contributed by atoms with E-state index in [0.29, 0.717) is 16.4 Å². The van der Waals surface area contributed by atoms with Crippen LogP contribution in [0.2, 0.25) is 0 Å². The highest BCUT2D eigenvalue weighted by molar-refractivity contribution is 7.22. The zero-order valence-corrected chi connectivity index (χ0v) is 17.4. The van der Waals surface area contributed by atoms with E-state index in [1.165, 1.54) is 11.3 Å². The molecule has 1 atom stereocenters.